The van der Waals surface area contributed by atoms with Gasteiger partial charge in [0.2, 0.25) is 0 Å². The number of ether oxygens (including phenoxy) is 2. The van der Waals surface area contributed by atoms with Gasteiger partial charge < -0.3 is 14.8 Å². The van der Waals surface area contributed by atoms with Gasteiger partial charge in [0, 0.05) is 5.56 Å². The van der Waals surface area contributed by atoms with E-state index in [0.29, 0.717) is 17.7 Å². The van der Waals surface area contributed by atoms with E-state index in [4.69, 9.17) is 9.47 Å². The van der Waals surface area contributed by atoms with Crippen LogP contribution < -0.4 is 10.1 Å². The van der Waals surface area contributed by atoms with Gasteiger partial charge in [-0.05, 0) is 44.5 Å². The summed E-state index contributed by atoms with van der Waals surface area (Å²) in [6, 6.07) is 6.26. The number of benzene rings is 1. The smallest absolute Gasteiger partial charge is 0.344 e. The first-order valence-electron chi connectivity index (χ1n) is 7.99. The Kier molecular flexibility index (Phi) is 6.01. The molecule has 26 heavy (non-hydrogen) atoms. The Hall–Kier alpha value is -2.42. The van der Waals surface area contributed by atoms with E-state index in [1.807, 2.05) is 0 Å². The zero-order chi connectivity index (χ0) is 19.4. The standard InChI is InChI=1S/C17H21NO7S/c1-12(19)13-3-5-14(6-4-13)24-10-16(21)25-9-15(20)18-17(2)7-8-26(22,23)11-17/h3-6H,7-11H2,1-2H3,(H,18,20)/t17-/m1/s1. The van der Waals surface area contributed by atoms with Gasteiger partial charge in [-0.25, -0.2) is 13.2 Å². The monoisotopic (exact) mass is 383 g/mol. The molecule has 1 aromatic rings. The van der Waals surface area contributed by atoms with Crippen LogP contribution in [0.1, 0.15) is 30.6 Å². The van der Waals surface area contributed by atoms with Crippen molar-refractivity contribution in [2.24, 2.45) is 0 Å². The molecule has 0 spiro atoms. The minimum absolute atomic E-state index is 0.0276. The Morgan fingerprint density at radius 2 is 1.81 bits per heavy atom. The molecule has 0 radical (unpaired) electrons. The number of carbonyl (C=O) groups is 3. The summed E-state index contributed by atoms with van der Waals surface area (Å²) in [7, 11) is -3.14. The van der Waals surface area contributed by atoms with Crippen LogP contribution >= 0.6 is 0 Å². The van der Waals surface area contributed by atoms with Crippen LogP contribution in [0, 0.1) is 0 Å². The van der Waals surface area contributed by atoms with Crippen LogP contribution in [0.15, 0.2) is 24.3 Å². The van der Waals surface area contributed by atoms with E-state index in [9.17, 15) is 22.8 Å². The fourth-order valence-corrected chi connectivity index (χ4v) is 4.69. The van der Waals surface area contributed by atoms with Crippen molar-refractivity contribution in [3.63, 3.8) is 0 Å². The number of amides is 1. The lowest BCUT2D eigenvalue weighted by molar-refractivity contribution is -0.150. The summed E-state index contributed by atoms with van der Waals surface area (Å²) in [5.74, 6) is -1.09. The highest BCUT2D eigenvalue weighted by Crippen LogP contribution is 2.22. The molecule has 1 aromatic carbocycles. The maximum Gasteiger partial charge on any atom is 0.344 e. The predicted molar refractivity (Wildman–Crippen MR) is 92.7 cm³/mol. The Labute approximate surface area is 151 Å². The number of nitrogens with one attached hydrogen (secondary N) is 1. The molecule has 1 atom stereocenters. The third-order valence-corrected chi connectivity index (χ3v) is 5.83. The summed E-state index contributed by atoms with van der Waals surface area (Å²) in [5.41, 5.74) is -0.309. The SMILES string of the molecule is CC(=O)c1ccc(OCC(=O)OCC(=O)N[C@]2(C)CCS(=O)(=O)C2)cc1. The number of esters is 1. The van der Waals surface area contributed by atoms with Crippen molar-refractivity contribution in [2.45, 2.75) is 25.8 Å². The van der Waals surface area contributed by atoms with Gasteiger partial charge in [0.05, 0.1) is 17.0 Å². The molecule has 0 aliphatic carbocycles. The van der Waals surface area contributed by atoms with Crippen LogP contribution in [-0.4, -0.2) is 56.3 Å². The normalized spacial score (nSPS) is 21.0. The third kappa shape index (κ3) is 5.83. The number of hydrogen-bond donors (Lipinski definition) is 1. The average molecular weight is 383 g/mol. The third-order valence-electron chi connectivity index (χ3n) is 3.93. The quantitative estimate of drug-likeness (QED) is 0.538. The fraction of sp³-hybridized carbons (Fsp3) is 0.471. The molecule has 1 aliphatic rings. The number of ketones is 1. The molecule has 1 heterocycles. The van der Waals surface area contributed by atoms with Crippen LogP contribution in [0.2, 0.25) is 0 Å². The van der Waals surface area contributed by atoms with Crippen molar-refractivity contribution in [2.75, 3.05) is 24.7 Å². The molecule has 0 unspecified atom stereocenters. The molecule has 9 heteroatoms. The molecule has 0 saturated carbocycles. The summed E-state index contributed by atoms with van der Waals surface area (Å²) >= 11 is 0. The number of carbonyl (C=O) groups excluding carboxylic acids is 3. The van der Waals surface area contributed by atoms with Crippen molar-refractivity contribution in [1.29, 1.82) is 0 Å². The topological polar surface area (TPSA) is 116 Å². The van der Waals surface area contributed by atoms with Crippen LogP contribution in [-0.2, 0) is 24.2 Å². The van der Waals surface area contributed by atoms with E-state index in [1.165, 1.54) is 6.92 Å². The molecule has 1 saturated heterocycles. The van der Waals surface area contributed by atoms with Crippen molar-refractivity contribution in [3.8, 4) is 5.75 Å². The van der Waals surface area contributed by atoms with Gasteiger partial charge >= 0.3 is 5.97 Å². The highest BCUT2D eigenvalue weighted by atomic mass is 32.2. The van der Waals surface area contributed by atoms with E-state index in [-0.39, 0.29) is 17.3 Å². The fourth-order valence-electron chi connectivity index (χ4n) is 2.60. The second-order valence-corrected chi connectivity index (χ2v) is 8.66. The Balaban J connectivity index is 1.73. The van der Waals surface area contributed by atoms with E-state index in [1.54, 1.807) is 31.2 Å². The lowest BCUT2D eigenvalue weighted by Gasteiger charge is -2.23. The van der Waals surface area contributed by atoms with Gasteiger partial charge in [-0.2, -0.15) is 0 Å². The first-order chi connectivity index (χ1) is 12.1. The van der Waals surface area contributed by atoms with Crippen LogP contribution in [0.25, 0.3) is 0 Å². The lowest BCUT2D eigenvalue weighted by Crippen LogP contribution is -2.48. The van der Waals surface area contributed by atoms with Crippen molar-refractivity contribution in [3.05, 3.63) is 29.8 Å². The minimum atomic E-state index is -3.14. The minimum Gasteiger partial charge on any atom is -0.482 e. The Morgan fingerprint density at radius 1 is 1.15 bits per heavy atom. The molecule has 1 fully saturated rings. The van der Waals surface area contributed by atoms with E-state index in [2.05, 4.69) is 5.32 Å². The zero-order valence-electron chi connectivity index (χ0n) is 14.6. The summed E-state index contributed by atoms with van der Waals surface area (Å²) < 4.78 is 33.0. The van der Waals surface area contributed by atoms with Gasteiger partial charge in [-0.1, -0.05) is 0 Å². The van der Waals surface area contributed by atoms with Crippen LogP contribution in [0.5, 0.6) is 5.75 Å². The number of hydrogen-bond acceptors (Lipinski definition) is 7. The van der Waals surface area contributed by atoms with Gasteiger partial charge in [-0.15, -0.1) is 0 Å². The van der Waals surface area contributed by atoms with Crippen LogP contribution in [0.3, 0.4) is 0 Å². The largest absolute Gasteiger partial charge is 0.482 e. The molecule has 1 amide bonds. The molecule has 8 nitrogen and oxygen atoms in total. The lowest BCUT2D eigenvalue weighted by atomic mass is 10.0. The molecule has 1 aliphatic heterocycles. The summed E-state index contributed by atoms with van der Waals surface area (Å²) in [6.07, 6.45) is 0.328. The highest BCUT2D eigenvalue weighted by molar-refractivity contribution is 7.91. The van der Waals surface area contributed by atoms with Gasteiger partial charge in [0.25, 0.3) is 5.91 Å². The number of Topliss-reactive ketones (excluding diaryl/α,β-unsaturated/α-hetero) is 1. The van der Waals surface area contributed by atoms with Crippen molar-refractivity contribution in [1.82, 2.24) is 5.32 Å². The number of rotatable bonds is 7. The van der Waals surface area contributed by atoms with E-state index >= 15 is 0 Å². The molecule has 2 rings (SSSR count). The van der Waals surface area contributed by atoms with Gasteiger partial charge in [-0.3, -0.25) is 9.59 Å². The van der Waals surface area contributed by atoms with Crippen molar-refractivity contribution >= 4 is 27.5 Å². The summed E-state index contributed by atoms with van der Waals surface area (Å²) in [6.45, 7) is 2.18. The maximum absolute atomic E-state index is 11.8. The van der Waals surface area contributed by atoms with E-state index in [0.717, 1.165) is 0 Å². The molecular formula is C17H21NO7S. The second kappa shape index (κ2) is 7.86. The van der Waals surface area contributed by atoms with Gasteiger partial charge in [0.1, 0.15) is 5.75 Å². The van der Waals surface area contributed by atoms with E-state index < -0.39 is 40.5 Å². The summed E-state index contributed by atoms with van der Waals surface area (Å²) in [5, 5.41) is 2.59. The Bertz CT molecular complexity index is 801. The average Bonchev–Trinajstić information content (AvgIpc) is 2.84. The molecule has 0 bridgehead atoms. The zero-order valence-corrected chi connectivity index (χ0v) is 15.4. The predicted octanol–water partition coefficient (Wildman–Crippen LogP) is 0.505. The molecular weight excluding hydrogens is 362 g/mol. The van der Waals surface area contributed by atoms with Crippen molar-refractivity contribution < 1.29 is 32.3 Å². The number of sulfone groups is 1. The molecule has 142 valence electrons. The molecule has 0 aromatic heterocycles. The van der Waals surface area contributed by atoms with Gasteiger partial charge in [0.15, 0.2) is 28.8 Å². The Morgan fingerprint density at radius 3 is 2.35 bits per heavy atom. The maximum atomic E-state index is 11.8. The first kappa shape index (κ1) is 19.9. The second-order valence-electron chi connectivity index (χ2n) is 6.48. The summed E-state index contributed by atoms with van der Waals surface area (Å²) in [4.78, 5) is 34.6. The highest BCUT2D eigenvalue weighted by Gasteiger charge is 2.39. The first-order valence-corrected chi connectivity index (χ1v) is 9.82. The molecule has 1 N–H and O–H groups in total. The van der Waals surface area contributed by atoms with Crippen LogP contribution in [0.4, 0.5) is 0 Å².